The monoisotopic (exact) mass is 390 g/mol. The van der Waals surface area contributed by atoms with Crippen molar-refractivity contribution in [2.24, 2.45) is 7.05 Å². The summed E-state index contributed by atoms with van der Waals surface area (Å²) in [7, 11) is 1.66. The predicted molar refractivity (Wildman–Crippen MR) is 103 cm³/mol. The van der Waals surface area contributed by atoms with Gasteiger partial charge in [-0.3, -0.25) is 13.8 Å². The van der Waals surface area contributed by atoms with Crippen LogP contribution in [0.3, 0.4) is 0 Å². The van der Waals surface area contributed by atoms with Gasteiger partial charge in [0.15, 0.2) is 5.82 Å². The van der Waals surface area contributed by atoms with Crippen LogP contribution in [-0.2, 0) is 13.6 Å². The Kier molecular flexibility index (Phi) is 3.73. The summed E-state index contributed by atoms with van der Waals surface area (Å²) in [6.07, 6.45) is 0. The van der Waals surface area contributed by atoms with E-state index in [-0.39, 0.29) is 17.9 Å². The van der Waals surface area contributed by atoms with E-state index in [1.807, 2.05) is 22.6 Å². The molecule has 0 aliphatic heterocycles. The van der Waals surface area contributed by atoms with Crippen molar-refractivity contribution in [3.63, 3.8) is 0 Å². The summed E-state index contributed by atoms with van der Waals surface area (Å²) in [5.74, 6) is 1.09. The maximum Gasteiger partial charge on any atom is 0.262 e. The summed E-state index contributed by atoms with van der Waals surface area (Å²) in [5, 5.41) is 21.5. The summed E-state index contributed by atoms with van der Waals surface area (Å²) in [4.78, 5) is 13.9. The van der Waals surface area contributed by atoms with E-state index in [1.165, 1.54) is 15.4 Å². The molecule has 5 aromatic rings. The van der Waals surface area contributed by atoms with E-state index in [9.17, 15) is 9.18 Å². The number of aromatic nitrogens is 8. The lowest BCUT2D eigenvalue weighted by atomic mass is 10.1. The molecule has 0 radical (unpaired) electrons. The first-order chi connectivity index (χ1) is 14.0. The molecule has 0 aliphatic carbocycles. The third kappa shape index (κ3) is 2.68. The molecule has 9 nitrogen and oxygen atoms in total. The largest absolute Gasteiger partial charge is 0.279 e. The lowest BCUT2D eigenvalue weighted by Gasteiger charge is -2.07. The van der Waals surface area contributed by atoms with Gasteiger partial charge in [-0.05, 0) is 48.0 Å². The van der Waals surface area contributed by atoms with E-state index in [0.29, 0.717) is 39.5 Å². The Morgan fingerprint density at radius 2 is 1.90 bits per heavy atom. The highest BCUT2D eigenvalue weighted by atomic mass is 19.1. The lowest BCUT2D eigenvalue weighted by molar-refractivity contribution is 0.552. The number of tetrazole rings is 1. The van der Waals surface area contributed by atoms with Crippen molar-refractivity contribution in [1.29, 1.82) is 0 Å². The van der Waals surface area contributed by atoms with Crippen LogP contribution in [-0.4, -0.2) is 39.4 Å². The van der Waals surface area contributed by atoms with Gasteiger partial charge in [0.05, 0.1) is 10.9 Å². The van der Waals surface area contributed by atoms with Gasteiger partial charge in [0.1, 0.15) is 12.4 Å². The highest BCUT2D eigenvalue weighted by Gasteiger charge is 2.16. The third-order valence-electron chi connectivity index (χ3n) is 4.84. The van der Waals surface area contributed by atoms with Crippen molar-refractivity contribution in [3.8, 4) is 11.4 Å². The van der Waals surface area contributed by atoms with Crippen LogP contribution in [0.4, 0.5) is 4.39 Å². The van der Waals surface area contributed by atoms with E-state index >= 15 is 0 Å². The molecule has 0 aliphatic rings. The number of rotatable bonds is 3. The van der Waals surface area contributed by atoms with Crippen LogP contribution < -0.4 is 5.56 Å². The quantitative estimate of drug-likeness (QED) is 0.466. The number of halogens is 1. The third-order valence-corrected chi connectivity index (χ3v) is 4.84. The molecular weight excluding hydrogens is 375 g/mol. The van der Waals surface area contributed by atoms with Crippen LogP contribution in [0, 0.1) is 12.7 Å². The van der Waals surface area contributed by atoms with E-state index in [0.717, 1.165) is 0 Å². The Labute approximate surface area is 163 Å². The molecule has 0 bridgehead atoms. The van der Waals surface area contributed by atoms with Gasteiger partial charge in [-0.15, -0.1) is 20.4 Å². The van der Waals surface area contributed by atoms with E-state index in [1.54, 1.807) is 32.2 Å². The molecule has 0 N–H and O–H groups in total. The summed E-state index contributed by atoms with van der Waals surface area (Å²) in [6, 6.07) is 11.9. The first kappa shape index (κ1) is 17.2. The molecule has 3 heterocycles. The Morgan fingerprint density at radius 1 is 1.07 bits per heavy atom. The number of hydrogen-bond donors (Lipinski definition) is 0. The zero-order valence-corrected chi connectivity index (χ0v) is 15.6. The van der Waals surface area contributed by atoms with Gasteiger partial charge in [0.2, 0.25) is 11.6 Å². The fourth-order valence-electron chi connectivity index (χ4n) is 3.33. The van der Waals surface area contributed by atoms with Crippen LogP contribution in [0.15, 0.2) is 47.3 Å². The van der Waals surface area contributed by atoms with Crippen LogP contribution in [0.1, 0.15) is 11.4 Å². The van der Waals surface area contributed by atoms with Crippen molar-refractivity contribution in [1.82, 2.24) is 39.4 Å². The Morgan fingerprint density at radius 3 is 2.72 bits per heavy atom. The van der Waals surface area contributed by atoms with Crippen molar-refractivity contribution < 1.29 is 4.39 Å². The zero-order valence-electron chi connectivity index (χ0n) is 15.6. The fourth-order valence-corrected chi connectivity index (χ4v) is 3.33. The number of nitrogens with zero attached hydrogens (tertiary/aromatic N) is 8. The molecular formula is C19H15FN8O. The van der Waals surface area contributed by atoms with Crippen LogP contribution in [0.5, 0.6) is 0 Å². The van der Waals surface area contributed by atoms with Gasteiger partial charge in [-0.1, -0.05) is 12.1 Å². The Balaban J connectivity index is 1.59. The molecule has 0 fully saturated rings. The van der Waals surface area contributed by atoms with Gasteiger partial charge < -0.3 is 0 Å². The molecule has 5 rings (SSSR count). The molecule has 0 amide bonds. The Bertz CT molecular complexity index is 1450. The molecule has 0 saturated carbocycles. The minimum atomic E-state index is -0.284. The highest BCUT2D eigenvalue weighted by Crippen LogP contribution is 2.18. The first-order valence-electron chi connectivity index (χ1n) is 8.89. The molecule has 0 saturated heterocycles. The van der Waals surface area contributed by atoms with Gasteiger partial charge in [-0.2, -0.15) is 4.80 Å². The number of aryl methyl sites for hydroxylation is 2. The molecule has 144 valence electrons. The number of fused-ring (bicyclic) bond motifs is 3. The molecule has 0 unspecified atom stereocenters. The van der Waals surface area contributed by atoms with Crippen LogP contribution in [0.2, 0.25) is 0 Å². The van der Waals surface area contributed by atoms with Crippen LogP contribution in [0.25, 0.3) is 28.1 Å². The Hall–Kier alpha value is -3.95. The number of benzene rings is 2. The molecule has 3 aromatic heterocycles. The van der Waals surface area contributed by atoms with Crippen molar-refractivity contribution >= 4 is 16.7 Å². The van der Waals surface area contributed by atoms with Crippen molar-refractivity contribution in [3.05, 3.63) is 70.0 Å². The van der Waals surface area contributed by atoms with E-state index in [4.69, 9.17) is 0 Å². The smallest absolute Gasteiger partial charge is 0.262 e. The second-order valence-corrected chi connectivity index (χ2v) is 6.74. The lowest BCUT2D eigenvalue weighted by Crippen LogP contribution is -2.20. The maximum atomic E-state index is 13.5. The van der Waals surface area contributed by atoms with Crippen LogP contribution >= 0.6 is 0 Å². The minimum Gasteiger partial charge on any atom is -0.279 e. The van der Waals surface area contributed by atoms with E-state index in [2.05, 4.69) is 25.6 Å². The maximum absolute atomic E-state index is 13.5. The number of para-hydroxylation sites is 1. The fraction of sp³-hybridized carbons (Fsp3) is 0.158. The number of hydrogen-bond acceptors (Lipinski definition) is 6. The molecule has 0 spiro atoms. The normalized spacial score (nSPS) is 11.6. The minimum absolute atomic E-state index is 0.139. The standard InChI is InChI=1S/C19H15FN8O/c1-11-9-12(7-8-14(11)20)17-22-25-27(24-17)10-16-21-23-19-26(2)18(29)13-5-3-4-6-15(13)28(16)19/h3-9H,10H2,1-2H3. The average molecular weight is 390 g/mol. The molecule has 29 heavy (non-hydrogen) atoms. The molecule has 0 atom stereocenters. The summed E-state index contributed by atoms with van der Waals surface area (Å²) < 4.78 is 16.8. The van der Waals surface area contributed by atoms with Crippen molar-refractivity contribution in [2.45, 2.75) is 13.5 Å². The van der Waals surface area contributed by atoms with Gasteiger partial charge in [0.25, 0.3) is 5.56 Å². The van der Waals surface area contributed by atoms with Crippen molar-refractivity contribution in [2.75, 3.05) is 0 Å². The predicted octanol–water partition coefficient (Wildman–Crippen LogP) is 1.73. The molecule has 2 aromatic carbocycles. The summed E-state index contributed by atoms with van der Waals surface area (Å²) >= 11 is 0. The molecule has 10 heteroatoms. The van der Waals surface area contributed by atoms with Gasteiger partial charge in [-0.25, -0.2) is 4.39 Å². The highest BCUT2D eigenvalue weighted by molar-refractivity contribution is 5.80. The topological polar surface area (TPSA) is 95.8 Å². The summed E-state index contributed by atoms with van der Waals surface area (Å²) in [6.45, 7) is 1.89. The SMILES string of the molecule is Cc1cc(-c2nnn(Cc3nnc4n(C)c(=O)c5ccccc5n34)n2)ccc1F. The second kappa shape index (κ2) is 6.30. The summed E-state index contributed by atoms with van der Waals surface area (Å²) in [5.41, 5.74) is 1.75. The van der Waals surface area contributed by atoms with Gasteiger partial charge >= 0.3 is 0 Å². The zero-order chi connectivity index (χ0) is 20.1. The second-order valence-electron chi connectivity index (χ2n) is 6.74. The average Bonchev–Trinajstić information content (AvgIpc) is 3.36. The van der Waals surface area contributed by atoms with Gasteiger partial charge in [0, 0.05) is 12.6 Å². The van der Waals surface area contributed by atoms with E-state index < -0.39 is 0 Å². The first-order valence-corrected chi connectivity index (χ1v) is 8.89.